The summed E-state index contributed by atoms with van der Waals surface area (Å²) < 4.78 is 0. The Bertz CT molecular complexity index is 1190. The van der Waals surface area contributed by atoms with Gasteiger partial charge in [-0.2, -0.15) is 0 Å². The van der Waals surface area contributed by atoms with Crippen molar-refractivity contribution in [3.05, 3.63) is 82.4 Å². The number of hydrogen-bond acceptors (Lipinski definition) is 2. The van der Waals surface area contributed by atoms with Gasteiger partial charge in [0.25, 0.3) is 0 Å². The number of rotatable bonds is 6. The first-order chi connectivity index (χ1) is 14.4. The van der Waals surface area contributed by atoms with E-state index in [1.54, 1.807) is 0 Å². The molecule has 0 aliphatic carbocycles. The molecule has 0 fully saturated rings. The molecule has 3 aromatic carbocycles. The normalized spacial score (nSPS) is 12.7. The second-order valence-corrected chi connectivity index (χ2v) is 8.93. The van der Waals surface area contributed by atoms with Gasteiger partial charge in [-0.3, -0.25) is 0 Å². The van der Waals surface area contributed by atoms with E-state index in [9.17, 15) is 0 Å². The molecule has 0 aliphatic rings. The molecule has 1 aromatic heterocycles. The third-order valence-corrected chi connectivity index (χ3v) is 6.38. The van der Waals surface area contributed by atoms with E-state index >= 15 is 0 Å². The van der Waals surface area contributed by atoms with Gasteiger partial charge in [0.05, 0.1) is 22.1 Å². The van der Waals surface area contributed by atoms with E-state index in [-0.39, 0.29) is 0 Å². The molecule has 1 heterocycles. The summed E-state index contributed by atoms with van der Waals surface area (Å²) in [5.41, 5.74) is 10.9. The van der Waals surface area contributed by atoms with Crippen molar-refractivity contribution in [3.63, 3.8) is 0 Å². The largest absolute Gasteiger partial charge is 0.244 e. The van der Waals surface area contributed by atoms with Gasteiger partial charge < -0.3 is 0 Å². The fourth-order valence-corrected chi connectivity index (χ4v) is 4.13. The number of hydrogen-bond donors (Lipinski definition) is 0. The average molecular weight is 397 g/mol. The van der Waals surface area contributed by atoms with Crippen LogP contribution in [0.5, 0.6) is 0 Å². The van der Waals surface area contributed by atoms with Crippen LogP contribution in [-0.4, -0.2) is 9.97 Å². The van der Waals surface area contributed by atoms with Crippen LogP contribution < -0.4 is 0 Å². The van der Waals surface area contributed by atoms with Crippen LogP contribution in [0, 0.1) is 6.92 Å². The Kier molecular flexibility index (Phi) is 5.85. The quantitative estimate of drug-likeness (QED) is 0.315. The number of fused-ring (bicyclic) bond motifs is 2. The molecule has 0 amide bonds. The Morgan fingerprint density at radius 1 is 0.733 bits per heavy atom. The van der Waals surface area contributed by atoms with Crippen LogP contribution in [0.15, 0.2) is 54.6 Å². The third-order valence-electron chi connectivity index (χ3n) is 6.38. The molecule has 0 saturated heterocycles. The third kappa shape index (κ3) is 4.23. The molecule has 0 radical (unpaired) electrons. The van der Waals surface area contributed by atoms with Gasteiger partial charge in [0.1, 0.15) is 0 Å². The maximum absolute atomic E-state index is 4.91. The molecule has 0 aliphatic heterocycles. The Labute approximate surface area is 180 Å². The number of nitrogens with zero attached hydrogens (tertiary/aromatic N) is 2. The van der Waals surface area contributed by atoms with E-state index in [0.29, 0.717) is 11.8 Å². The Hall–Kier alpha value is -2.74. The lowest BCUT2D eigenvalue weighted by Crippen LogP contribution is -2.00. The second kappa shape index (κ2) is 8.55. The van der Waals surface area contributed by atoms with Crippen LogP contribution in [0.25, 0.3) is 22.1 Å². The minimum absolute atomic E-state index is 0.486. The van der Waals surface area contributed by atoms with Gasteiger partial charge in [0.15, 0.2) is 0 Å². The molecule has 0 N–H and O–H groups in total. The van der Waals surface area contributed by atoms with E-state index in [4.69, 9.17) is 9.97 Å². The molecule has 4 rings (SSSR count). The van der Waals surface area contributed by atoms with Crippen molar-refractivity contribution in [1.29, 1.82) is 0 Å². The van der Waals surface area contributed by atoms with Crippen LogP contribution in [-0.2, 0) is 12.8 Å². The van der Waals surface area contributed by atoms with E-state index in [1.165, 1.54) is 27.8 Å². The number of benzene rings is 3. The molecular formula is C28H32N2. The minimum Gasteiger partial charge on any atom is -0.244 e. The summed E-state index contributed by atoms with van der Waals surface area (Å²) in [5.74, 6) is 0.983. The van der Waals surface area contributed by atoms with E-state index in [1.807, 2.05) is 0 Å². The molecule has 1 atom stereocenters. The summed E-state index contributed by atoms with van der Waals surface area (Å²) >= 11 is 0. The van der Waals surface area contributed by atoms with Crippen molar-refractivity contribution >= 4 is 22.1 Å². The first kappa shape index (κ1) is 20.5. The van der Waals surface area contributed by atoms with Gasteiger partial charge in [-0.1, -0.05) is 58.0 Å². The molecule has 4 aromatic rings. The summed E-state index contributed by atoms with van der Waals surface area (Å²) in [5, 5.41) is 0. The summed E-state index contributed by atoms with van der Waals surface area (Å²) in [4.78, 5) is 9.80. The average Bonchev–Trinajstić information content (AvgIpc) is 2.76. The van der Waals surface area contributed by atoms with Crippen molar-refractivity contribution in [2.75, 3.05) is 0 Å². The van der Waals surface area contributed by atoms with Gasteiger partial charge in [0, 0.05) is 0 Å². The smallest absolute Gasteiger partial charge is 0.0897 e. The van der Waals surface area contributed by atoms with Gasteiger partial charge in [-0.25, -0.2) is 9.97 Å². The van der Waals surface area contributed by atoms with E-state index < -0.39 is 0 Å². The predicted octanol–water partition coefficient (Wildman–Crippen LogP) is 7.51. The Balaban J connectivity index is 1.58. The maximum atomic E-state index is 4.91. The lowest BCUT2D eigenvalue weighted by Gasteiger charge is -2.15. The van der Waals surface area contributed by atoms with Crippen molar-refractivity contribution in [1.82, 2.24) is 9.97 Å². The van der Waals surface area contributed by atoms with Crippen LogP contribution in [0.4, 0.5) is 0 Å². The van der Waals surface area contributed by atoms with Crippen molar-refractivity contribution in [2.45, 2.75) is 65.7 Å². The molecule has 0 spiro atoms. The molecule has 154 valence electrons. The maximum Gasteiger partial charge on any atom is 0.0897 e. The molecule has 2 nitrogen and oxygen atoms in total. The fraction of sp³-hybridized carbons (Fsp3) is 0.357. The van der Waals surface area contributed by atoms with E-state index in [0.717, 1.165) is 41.3 Å². The summed E-state index contributed by atoms with van der Waals surface area (Å²) in [7, 11) is 0. The van der Waals surface area contributed by atoms with Crippen LogP contribution in [0.3, 0.4) is 0 Å². The first-order valence-electron chi connectivity index (χ1n) is 11.2. The van der Waals surface area contributed by atoms with Gasteiger partial charge in [-0.05, 0) is 90.1 Å². The van der Waals surface area contributed by atoms with Crippen LogP contribution in [0.2, 0.25) is 0 Å². The highest BCUT2D eigenvalue weighted by Gasteiger charge is 2.11. The number of aromatic nitrogens is 2. The Morgan fingerprint density at radius 3 is 2.00 bits per heavy atom. The highest BCUT2D eigenvalue weighted by atomic mass is 14.8. The summed E-state index contributed by atoms with van der Waals surface area (Å²) in [6.07, 6.45) is 3.34. The van der Waals surface area contributed by atoms with Gasteiger partial charge in [0.2, 0.25) is 0 Å². The molecular weight excluding hydrogens is 364 g/mol. The van der Waals surface area contributed by atoms with Gasteiger partial charge in [-0.15, -0.1) is 0 Å². The number of aryl methyl sites for hydroxylation is 3. The van der Waals surface area contributed by atoms with Crippen molar-refractivity contribution in [3.8, 4) is 0 Å². The molecule has 0 bridgehead atoms. The Morgan fingerprint density at radius 2 is 1.37 bits per heavy atom. The lowest BCUT2D eigenvalue weighted by molar-refractivity contribution is 0.678. The van der Waals surface area contributed by atoms with Crippen LogP contribution in [0.1, 0.15) is 73.8 Å². The SMILES string of the molecule is CCc1ccc(C)c(CCC(C)c2ccc3nc4cc(C(C)C)ccc4nc3c2)c1. The van der Waals surface area contributed by atoms with Crippen LogP contribution >= 0.6 is 0 Å². The molecule has 1 unspecified atom stereocenters. The predicted molar refractivity (Wildman–Crippen MR) is 128 cm³/mol. The highest BCUT2D eigenvalue weighted by Crippen LogP contribution is 2.27. The highest BCUT2D eigenvalue weighted by molar-refractivity contribution is 5.86. The fourth-order valence-electron chi connectivity index (χ4n) is 4.13. The second-order valence-electron chi connectivity index (χ2n) is 8.93. The molecule has 0 saturated carbocycles. The molecule has 30 heavy (non-hydrogen) atoms. The minimum atomic E-state index is 0.486. The first-order valence-corrected chi connectivity index (χ1v) is 11.2. The van der Waals surface area contributed by atoms with E-state index in [2.05, 4.69) is 89.2 Å². The zero-order chi connectivity index (χ0) is 21.3. The zero-order valence-corrected chi connectivity index (χ0v) is 18.9. The van der Waals surface area contributed by atoms with Gasteiger partial charge >= 0.3 is 0 Å². The summed E-state index contributed by atoms with van der Waals surface area (Å²) in [6.45, 7) is 11.2. The van der Waals surface area contributed by atoms with Crippen molar-refractivity contribution in [2.24, 2.45) is 0 Å². The standard InChI is InChI=1S/C28H32N2/c1-6-21-9-7-19(4)23(15-21)10-8-20(5)24-12-14-26-28(17-24)30-25-13-11-22(18(2)3)16-27(25)29-26/h7,9,11-18,20H,6,8,10H2,1-5H3. The monoisotopic (exact) mass is 396 g/mol. The lowest BCUT2D eigenvalue weighted by atomic mass is 9.91. The summed E-state index contributed by atoms with van der Waals surface area (Å²) in [6, 6.07) is 20.0. The molecule has 2 heteroatoms. The van der Waals surface area contributed by atoms with Crippen molar-refractivity contribution < 1.29 is 0 Å². The topological polar surface area (TPSA) is 25.8 Å². The zero-order valence-electron chi connectivity index (χ0n) is 18.9.